The average molecular weight is 263 g/mol. The van der Waals surface area contributed by atoms with Crippen LogP contribution in [-0.4, -0.2) is 12.1 Å². The van der Waals surface area contributed by atoms with E-state index >= 15 is 0 Å². The van der Waals surface area contributed by atoms with E-state index in [4.69, 9.17) is 10.6 Å². The molecule has 0 saturated heterocycles. The molecule has 5 heteroatoms. The molecule has 0 aliphatic carbocycles. The van der Waals surface area contributed by atoms with Crippen molar-refractivity contribution < 1.29 is 4.74 Å². The molecule has 1 aromatic heterocycles. The number of hydrogen-bond donors (Lipinski definition) is 2. The molecule has 1 heterocycles. The minimum atomic E-state index is 0.0297. The van der Waals surface area contributed by atoms with E-state index in [1.807, 2.05) is 30.5 Å². The molecule has 3 N–H and O–H groups in total. The van der Waals surface area contributed by atoms with Gasteiger partial charge in [-0.1, -0.05) is 12.1 Å². The molecule has 1 unspecified atom stereocenters. The zero-order valence-corrected chi connectivity index (χ0v) is 11.3. The van der Waals surface area contributed by atoms with Gasteiger partial charge in [-0.25, -0.2) is 4.98 Å². The van der Waals surface area contributed by atoms with Crippen molar-refractivity contribution in [1.82, 2.24) is 10.4 Å². The first-order valence-corrected chi connectivity index (χ1v) is 6.62. The number of nitrogens with one attached hydrogen (secondary N) is 1. The maximum absolute atomic E-state index is 5.62. The number of rotatable bonds is 5. The Labute approximate surface area is 111 Å². The predicted octanol–water partition coefficient (Wildman–Crippen LogP) is 2.21. The summed E-state index contributed by atoms with van der Waals surface area (Å²) in [5, 5.41) is 3.09. The molecule has 4 nitrogen and oxygen atoms in total. The molecule has 96 valence electrons. The highest BCUT2D eigenvalue weighted by Gasteiger charge is 2.13. The van der Waals surface area contributed by atoms with Crippen molar-refractivity contribution in [3.8, 4) is 5.75 Å². The van der Waals surface area contributed by atoms with Crippen molar-refractivity contribution in [2.75, 3.05) is 7.11 Å². The van der Waals surface area contributed by atoms with Gasteiger partial charge in [0.15, 0.2) is 0 Å². The van der Waals surface area contributed by atoms with E-state index < -0.39 is 0 Å². The van der Waals surface area contributed by atoms with Crippen LogP contribution in [-0.2, 0) is 6.42 Å². The summed E-state index contributed by atoms with van der Waals surface area (Å²) in [7, 11) is 1.67. The molecule has 0 amide bonds. The van der Waals surface area contributed by atoms with Crippen molar-refractivity contribution in [2.24, 2.45) is 5.84 Å². The molecule has 0 fully saturated rings. The van der Waals surface area contributed by atoms with Gasteiger partial charge in [0.2, 0.25) is 0 Å². The summed E-state index contributed by atoms with van der Waals surface area (Å²) in [6, 6.07) is 8.02. The summed E-state index contributed by atoms with van der Waals surface area (Å²) in [5.41, 5.74) is 4.98. The second-order valence-corrected chi connectivity index (χ2v) is 5.13. The Morgan fingerprint density at radius 2 is 2.33 bits per heavy atom. The molecular weight excluding hydrogens is 246 g/mol. The summed E-state index contributed by atoms with van der Waals surface area (Å²) >= 11 is 1.63. The number of benzene rings is 1. The highest BCUT2D eigenvalue weighted by atomic mass is 32.1. The number of aryl methyl sites for hydroxylation is 1. The first-order chi connectivity index (χ1) is 8.72. The van der Waals surface area contributed by atoms with Crippen LogP contribution in [0.4, 0.5) is 0 Å². The van der Waals surface area contributed by atoms with Gasteiger partial charge in [-0.2, -0.15) is 0 Å². The predicted molar refractivity (Wildman–Crippen MR) is 73.6 cm³/mol. The van der Waals surface area contributed by atoms with Gasteiger partial charge in [0, 0.05) is 5.38 Å². The lowest BCUT2D eigenvalue weighted by Crippen LogP contribution is -2.29. The van der Waals surface area contributed by atoms with Gasteiger partial charge >= 0.3 is 0 Å². The van der Waals surface area contributed by atoms with E-state index in [9.17, 15) is 0 Å². The van der Waals surface area contributed by atoms with Crippen LogP contribution in [0.5, 0.6) is 5.75 Å². The summed E-state index contributed by atoms with van der Waals surface area (Å²) in [4.78, 5) is 4.47. The number of ether oxygens (including phenoxy) is 1. The largest absolute Gasteiger partial charge is 0.497 e. The zero-order chi connectivity index (χ0) is 13.0. The fourth-order valence-corrected chi connectivity index (χ4v) is 2.49. The fraction of sp³-hybridized carbons (Fsp3) is 0.308. The number of hydrogen-bond acceptors (Lipinski definition) is 5. The molecule has 2 aromatic rings. The van der Waals surface area contributed by atoms with Gasteiger partial charge in [0.25, 0.3) is 0 Å². The third kappa shape index (κ3) is 3.07. The van der Waals surface area contributed by atoms with E-state index in [2.05, 4.69) is 16.5 Å². The number of methoxy groups -OCH3 is 1. The van der Waals surface area contributed by atoms with Crippen LogP contribution in [0.3, 0.4) is 0 Å². The molecule has 0 radical (unpaired) electrons. The smallest absolute Gasteiger partial charge is 0.119 e. The molecule has 1 aromatic carbocycles. The van der Waals surface area contributed by atoms with Crippen LogP contribution in [0, 0.1) is 6.92 Å². The maximum atomic E-state index is 5.62. The molecular formula is C13H17N3OS. The molecule has 0 saturated carbocycles. The third-order valence-corrected chi connectivity index (χ3v) is 3.56. The lowest BCUT2D eigenvalue weighted by Gasteiger charge is -2.14. The Bertz CT molecular complexity index is 512. The number of aromatic nitrogens is 1. The first kappa shape index (κ1) is 13.0. The quantitative estimate of drug-likeness (QED) is 0.641. The molecule has 2 rings (SSSR count). The Balaban J connectivity index is 2.14. The van der Waals surface area contributed by atoms with Crippen LogP contribution < -0.4 is 16.0 Å². The monoisotopic (exact) mass is 263 g/mol. The highest BCUT2D eigenvalue weighted by Crippen LogP contribution is 2.21. The van der Waals surface area contributed by atoms with E-state index in [1.165, 1.54) is 5.56 Å². The highest BCUT2D eigenvalue weighted by molar-refractivity contribution is 7.09. The van der Waals surface area contributed by atoms with Crippen molar-refractivity contribution in [3.63, 3.8) is 0 Å². The molecule has 0 bridgehead atoms. The summed E-state index contributed by atoms with van der Waals surface area (Å²) in [5.74, 6) is 6.47. The summed E-state index contributed by atoms with van der Waals surface area (Å²) in [6.07, 6.45) is 0.789. The minimum Gasteiger partial charge on any atom is -0.497 e. The van der Waals surface area contributed by atoms with Crippen molar-refractivity contribution in [3.05, 3.63) is 45.9 Å². The van der Waals surface area contributed by atoms with Gasteiger partial charge in [-0.3, -0.25) is 11.3 Å². The topological polar surface area (TPSA) is 60.2 Å². The Morgan fingerprint density at radius 1 is 1.50 bits per heavy atom. The van der Waals surface area contributed by atoms with Gasteiger partial charge in [-0.15, -0.1) is 11.3 Å². The molecule has 1 atom stereocenters. The van der Waals surface area contributed by atoms with Crippen LogP contribution in [0.2, 0.25) is 0 Å². The lowest BCUT2D eigenvalue weighted by molar-refractivity contribution is 0.413. The molecule has 0 aliphatic rings. The normalized spacial score (nSPS) is 12.4. The lowest BCUT2D eigenvalue weighted by atomic mass is 10.0. The number of nitrogens with zero attached hydrogens (tertiary/aromatic N) is 1. The van der Waals surface area contributed by atoms with E-state index in [-0.39, 0.29) is 6.04 Å². The molecule has 0 aliphatic heterocycles. The second kappa shape index (κ2) is 5.95. The van der Waals surface area contributed by atoms with Gasteiger partial charge in [0.1, 0.15) is 5.75 Å². The number of hydrazine groups is 1. The van der Waals surface area contributed by atoms with E-state index in [1.54, 1.807) is 18.4 Å². The van der Waals surface area contributed by atoms with E-state index in [0.717, 1.165) is 22.9 Å². The van der Waals surface area contributed by atoms with Crippen molar-refractivity contribution in [2.45, 2.75) is 19.4 Å². The average Bonchev–Trinajstić information content (AvgIpc) is 2.82. The third-order valence-electron chi connectivity index (χ3n) is 2.77. The Hall–Kier alpha value is -1.43. The van der Waals surface area contributed by atoms with Crippen LogP contribution >= 0.6 is 11.3 Å². The fourth-order valence-electron chi connectivity index (χ4n) is 1.82. The van der Waals surface area contributed by atoms with Crippen LogP contribution in [0.15, 0.2) is 29.6 Å². The Morgan fingerprint density at radius 3 is 2.94 bits per heavy atom. The summed E-state index contributed by atoms with van der Waals surface area (Å²) < 4.78 is 5.21. The van der Waals surface area contributed by atoms with Crippen LogP contribution in [0.1, 0.15) is 22.3 Å². The van der Waals surface area contributed by atoms with Gasteiger partial charge in [0.05, 0.1) is 23.9 Å². The molecule has 0 spiro atoms. The maximum Gasteiger partial charge on any atom is 0.119 e. The molecule has 18 heavy (non-hydrogen) atoms. The number of thiazole rings is 1. The van der Waals surface area contributed by atoms with Gasteiger partial charge < -0.3 is 4.74 Å². The van der Waals surface area contributed by atoms with Gasteiger partial charge in [-0.05, 0) is 31.0 Å². The zero-order valence-electron chi connectivity index (χ0n) is 10.5. The van der Waals surface area contributed by atoms with Crippen LogP contribution in [0.25, 0.3) is 0 Å². The van der Waals surface area contributed by atoms with Crippen molar-refractivity contribution >= 4 is 11.3 Å². The standard InChI is InChI=1S/C13H17N3OS/c1-9-15-13(8-18-9)12(16-14)7-10-4-3-5-11(6-10)17-2/h3-6,8,12,16H,7,14H2,1-2H3. The summed E-state index contributed by atoms with van der Waals surface area (Å²) in [6.45, 7) is 1.99. The SMILES string of the molecule is COc1cccc(CC(NN)c2csc(C)n2)c1. The Kier molecular flexibility index (Phi) is 4.30. The second-order valence-electron chi connectivity index (χ2n) is 4.07. The minimum absolute atomic E-state index is 0.0297. The first-order valence-electron chi connectivity index (χ1n) is 5.74. The van der Waals surface area contributed by atoms with E-state index in [0.29, 0.717) is 0 Å². The van der Waals surface area contributed by atoms with Crippen molar-refractivity contribution in [1.29, 1.82) is 0 Å². The number of nitrogens with two attached hydrogens (primary N) is 1.